The van der Waals surface area contributed by atoms with Crippen molar-refractivity contribution < 1.29 is 18.0 Å². The van der Waals surface area contributed by atoms with Crippen molar-refractivity contribution in [1.82, 2.24) is 9.88 Å². The third-order valence-corrected chi connectivity index (χ3v) is 5.75. The highest BCUT2D eigenvalue weighted by Gasteiger charge is 2.35. The highest BCUT2D eigenvalue weighted by molar-refractivity contribution is 5.76. The number of pyridine rings is 1. The molecular formula is C19H27F3N2O2. The molecule has 0 atom stereocenters. The first-order valence-corrected chi connectivity index (χ1v) is 9.10. The van der Waals surface area contributed by atoms with Crippen LogP contribution in [0.4, 0.5) is 13.2 Å². The van der Waals surface area contributed by atoms with Crippen molar-refractivity contribution in [3.8, 4) is 0 Å². The summed E-state index contributed by atoms with van der Waals surface area (Å²) in [6, 6.07) is 1.89. The fourth-order valence-electron chi connectivity index (χ4n) is 3.61. The summed E-state index contributed by atoms with van der Waals surface area (Å²) >= 11 is 0. The number of carbonyl (C=O) groups is 1. The predicted octanol–water partition coefficient (Wildman–Crippen LogP) is 3.98. The highest BCUT2D eigenvalue weighted by atomic mass is 19.4. The fourth-order valence-corrected chi connectivity index (χ4v) is 3.61. The van der Waals surface area contributed by atoms with Gasteiger partial charge in [-0.25, -0.2) is 0 Å². The number of hydrogen-bond donors (Lipinski definition) is 1. The molecule has 2 rings (SSSR count). The summed E-state index contributed by atoms with van der Waals surface area (Å²) in [6.45, 7) is 6.30. The number of hydrogen-bond acceptors (Lipinski definition) is 2. The average Bonchev–Trinajstić information content (AvgIpc) is 2.56. The van der Waals surface area contributed by atoms with Crippen molar-refractivity contribution in [2.45, 2.75) is 71.6 Å². The van der Waals surface area contributed by atoms with Gasteiger partial charge in [0.2, 0.25) is 5.91 Å². The van der Waals surface area contributed by atoms with Gasteiger partial charge in [0, 0.05) is 12.2 Å². The van der Waals surface area contributed by atoms with Gasteiger partial charge in [-0.3, -0.25) is 9.59 Å². The van der Waals surface area contributed by atoms with Crippen LogP contribution in [0.2, 0.25) is 0 Å². The predicted molar refractivity (Wildman–Crippen MR) is 93.7 cm³/mol. The first kappa shape index (κ1) is 20.5. The molecule has 4 nitrogen and oxygen atoms in total. The van der Waals surface area contributed by atoms with Gasteiger partial charge in [0.15, 0.2) is 0 Å². The molecular weight excluding hydrogens is 345 g/mol. The molecule has 1 aromatic heterocycles. The lowest BCUT2D eigenvalue weighted by atomic mass is 9.69. The topological polar surface area (TPSA) is 51.1 Å². The van der Waals surface area contributed by atoms with E-state index in [4.69, 9.17) is 0 Å². The molecule has 1 N–H and O–H groups in total. The van der Waals surface area contributed by atoms with Gasteiger partial charge in [0.1, 0.15) is 12.1 Å². The molecule has 0 aliphatic heterocycles. The molecule has 1 fully saturated rings. The van der Waals surface area contributed by atoms with E-state index in [2.05, 4.69) is 26.1 Å². The Bertz CT molecular complexity index is 687. The number of nitrogens with zero attached hydrogens (tertiary/aromatic N) is 1. The van der Waals surface area contributed by atoms with Crippen LogP contribution in [-0.4, -0.2) is 16.5 Å². The number of aromatic nitrogens is 1. The fraction of sp³-hybridized carbons (Fsp3) is 0.684. The third kappa shape index (κ3) is 4.89. The molecule has 1 aliphatic rings. The molecule has 146 valence electrons. The Balaban J connectivity index is 1.94. The minimum absolute atomic E-state index is 0.0212. The largest absolute Gasteiger partial charge is 0.421 e. The lowest BCUT2D eigenvalue weighted by Gasteiger charge is -2.39. The summed E-state index contributed by atoms with van der Waals surface area (Å²) in [7, 11) is 0. The van der Waals surface area contributed by atoms with Gasteiger partial charge < -0.3 is 9.88 Å². The molecule has 0 spiro atoms. The second-order valence-corrected chi connectivity index (χ2v) is 7.81. The van der Waals surface area contributed by atoms with E-state index in [1.807, 2.05) is 0 Å². The molecule has 1 aromatic rings. The summed E-state index contributed by atoms with van der Waals surface area (Å²) in [5.41, 5.74) is -2.17. The zero-order valence-corrected chi connectivity index (χ0v) is 15.5. The molecule has 26 heavy (non-hydrogen) atoms. The normalized spacial score (nSPS) is 21.5. The minimum Gasteiger partial charge on any atom is -0.352 e. The zero-order chi connectivity index (χ0) is 19.5. The van der Waals surface area contributed by atoms with Crippen molar-refractivity contribution >= 4 is 5.91 Å². The van der Waals surface area contributed by atoms with E-state index in [0.29, 0.717) is 5.92 Å². The molecule has 1 amide bonds. The van der Waals surface area contributed by atoms with Crippen LogP contribution in [0.1, 0.15) is 58.4 Å². The van der Waals surface area contributed by atoms with Crippen LogP contribution in [0, 0.1) is 11.3 Å². The zero-order valence-electron chi connectivity index (χ0n) is 15.5. The Morgan fingerprint density at radius 1 is 1.23 bits per heavy atom. The molecule has 1 heterocycles. The van der Waals surface area contributed by atoms with E-state index >= 15 is 0 Å². The number of carbonyl (C=O) groups excluding carboxylic acids is 1. The van der Waals surface area contributed by atoms with E-state index in [0.717, 1.165) is 48.8 Å². The second-order valence-electron chi connectivity index (χ2n) is 7.81. The molecule has 0 radical (unpaired) electrons. The van der Waals surface area contributed by atoms with Crippen LogP contribution in [0.25, 0.3) is 0 Å². The number of rotatable bonds is 5. The second kappa shape index (κ2) is 7.84. The lowest BCUT2D eigenvalue weighted by molar-refractivity contribution is -0.139. The van der Waals surface area contributed by atoms with Crippen LogP contribution in [-0.2, 0) is 17.5 Å². The molecule has 0 saturated heterocycles. The first-order chi connectivity index (χ1) is 12.0. The molecule has 0 bridgehead atoms. The van der Waals surface area contributed by atoms with Gasteiger partial charge in [0.25, 0.3) is 5.56 Å². The monoisotopic (exact) mass is 372 g/mol. The summed E-state index contributed by atoms with van der Waals surface area (Å²) in [5.74, 6) is 0.191. The van der Waals surface area contributed by atoms with E-state index in [1.54, 1.807) is 0 Å². The van der Waals surface area contributed by atoms with Gasteiger partial charge in [-0.15, -0.1) is 0 Å². The van der Waals surface area contributed by atoms with Crippen LogP contribution in [0.15, 0.2) is 23.1 Å². The van der Waals surface area contributed by atoms with Gasteiger partial charge in [-0.1, -0.05) is 27.2 Å². The van der Waals surface area contributed by atoms with Gasteiger partial charge >= 0.3 is 6.18 Å². The molecule has 1 saturated carbocycles. The van der Waals surface area contributed by atoms with Crippen molar-refractivity contribution in [1.29, 1.82) is 0 Å². The minimum atomic E-state index is -4.72. The van der Waals surface area contributed by atoms with Gasteiger partial charge in [-0.05, 0) is 49.1 Å². The molecule has 1 aliphatic carbocycles. The van der Waals surface area contributed by atoms with Crippen LogP contribution < -0.4 is 10.9 Å². The Morgan fingerprint density at radius 2 is 1.85 bits per heavy atom. The van der Waals surface area contributed by atoms with E-state index < -0.39 is 29.8 Å². The SMILES string of the molecule is CCC(C)(C)C1CCC(NC(=O)Cn2cccc(C(F)(F)F)c2=O)CC1. The number of halogens is 3. The average molecular weight is 372 g/mol. The third-order valence-electron chi connectivity index (χ3n) is 5.75. The van der Waals surface area contributed by atoms with E-state index in [-0.39, 0.29) is 11.5 Å². The number of alkyl halides is 3. The van der Waals surface area contributed by atoms with E-state index in [9.17, 15) is 22.8 Å². The Morgan fingerprint density at radius 3 is 2.38 bits per heavy atom. The van der Waals surface area contributed by atoms with Crippen molar-refractivity contribution in [3.63, 3.8) is 0 Å². The van der Waals surface area contributed by atoms with E-state index in [1.165, 1.54) is 6.20 Å². The maximum atomic E-state index is 12.8. The summed E-state index contributed by atoms with van der Waals surface area (Å²) in [4.78, 5) is 24.1. The van der Waals surface area contributed by atoms with Crippen LogP contribution >= 0.6 is 0 Å². The standard InChI is InChI=1S/C19H27F3N2O2/c1-4-18(2,3)13-7-9-14(10-8-13)23-16(25)12-24-11-5-6-15(17(24)26)19(20,21)22/h5-6,11,13-14H,4,7-10,12H2,1-3H3,(H,23,25). The highest BCUT2D eigenvalue weighted by Crippen LogP contribution is 2.40. The lowest BCUT2D eigenvalue weighted by Crippen LogP contribution is -2.42. The van der Waals surface area contributed by atoms with Gasteiger partial charge in [0.05, 0.1) is 0 Å². The maximum Gasteiger partial charge on any atom is 0.421 e. The Hall–Kier alpha value is -1.79. The first-order valence-electron chi connectivity index (χ1n) is 9.10. The van der Waals surface area contributed by atoms with Crippen LogP contribution in [0.5, 0.6) is 0 Å². The van der Waals surface area contributed by atoms with Gasteiger partial charge in [-0.2, -0.15) is 13.2 Å². The maximum absolute atomic E-state index is 12.8. The summed E-state index contributed by atoms with van der Waals surface area (Å²) in [5, 5.41) is 2.86. The van der Waals surface area contributed by atoms with Crippen LogP contribution in [0.3, 0.4) is 0 Å². The van der Waals surface area contributed by atoms with Crippen molar-refractivity contribution in [2.24, 2.45) is 11.3 Å². The molecule has 7 heteroatoms. The number of nitrogens with one attached hydrogen (secondary N) is 1. The smallest absolute Gasteiger partial charge is 0.352 e. The summed E-state index contributed by atoms with van der Waals surface area (Å²) in [6.07, 6.45) is 1.35. The van der Waals surface area contributed by atoms with Crippen molar-refractivity contribution in [2.75, 3.05) is 0 Å². The molecule has 0 unspecified atom stereocenters. The quantitative estimate of drug-likeness (QED) is 0.850. The Kier molecular flexibility index (Phi) is 6.19. The van der Waals surface area contributed by atoms with Crippen molar-refractivity contribution in [3.05, 3.63) is 34.2 Å². The number of amides is 1. The summed E-state index contributed by atoms with van der Waals surface area (Å²) < 4.78 is 39.2. The Labute approximate surface area is 151 Å². The molecule has 0 aromatic carbocycles.